The van der Waals surface area contributed by atoms with Gasteiger partial charge in [-0.2, -0.15) is 29.9 Å². The predicted octanol–water partition coefficient (Wildman–Crippen LogP) is 13.7. The Morgan fingerprint density at radius 3 is 0.361 bits per heavy atom. The van der Waals surface area contributed by atoms with Crippen LogP contribution in [-0.4, -0.2) is 221 Å². The molecule has 0 aromatic carbocycles. The Balaban J connectivity index is 1.30. The second-order valence-electron chi connectivity index (χ2n) is 45.0. The maximum absolute atomic E-state index is 14.6. The maximum Gasteiger partial charge on any atom is 0.251 e. The molecule has 0 amide bonds. The van der Waals surface area contributed by atoms with Gasteiger partial charge in [0.15, 0.2) is 0 Å². The molecule has 8 aliphatic heterocycles. The fraction of sp³-hybridized carbons (Fsp3) is 0.925. The first-order valence-electron chi connectivity index (χ1n) is 40.4. The smallest absolute Gasteiger partial charge is 0.251 e. The molecule has 8 aliphatic rings. The molecule has 610 valence electrons. The van der Waals surface area contributed by atoms with Crippen molar-refractivity contribution in [1.82, 2.24) is 70.4 Å². The van der Waals surface area contributed by atoms with E-state index in [1.165, 1.54) is 40.5 Å². The average Bonchev–Trinajstić information content (AvgIpc) is 0.739. The van der Waals surface area contributed by atoms with Gasteiger partial charge in [-0.3, -0.25) is 10.0 Å². The quantitative estimate of drug-likeness (QED) is 0.150. The molecular weight excluding hydrogens is 1370 g/mol. The standard InChI is InChI=1S/C80H142N20O8/c1-65(2)35-51(36-66(3,4)93(65)101)89(52-37-67(5,6)94(102)68(7,8)38-52)61-81-59(82-62(85-61)90(53-39-69(9,10)95(103)70(11,12)40-53)54-41-71(13,14)96(104)72(15,16)42-54)87(33)88(34)60-83-63(91(55-43-73(17,18)97(105)74(19,20)44-55)56-45-75(21,22)98(106)76(23,24)46-56)86-64(84-60)92(57-47-77(25,26)99(107)78(27,28)48-57)58-49-79(29,30)100(108)80(31,32)50-58/h51-58H,35-50H2,1-34H3. The highest BCUT2D eigenvalue weighted by molar-refractivity contribution is 5.56. The molecule has 0 atom stereocenters. The molecule has 10 heterocycles. The van der Waals surface area contributed by atoms with Crippen LogP contribution in [0.15, 0.2) is 0 Å². The highest BCUT2D eigenvalue weighted by atomic mass is 16.5. The third-order valence-corrected chi connectivity index (χ3v) is 26.9. The van der Waals surface area contributed by atoms with Crippen LogP contribution in [0.1, 0.15) is 324 Å². The summed E-state index contributed by atoms with van der Waals surface area (Å²) in [5, 5.41) is 131. The summed E-state index contributed by atoms with van der Waals surface area (Å²) >= 11 is 0. The molecule has 8 fully saturated rings. The van der Waals surface area contributed by atoms with Crippen molar-refractivity contribution in [2.75, 3.05) is 43.7 Å². The van der Waals surface area contributed by atoms with E-state index in [0.717, 1.165) is 0 Å². The molecule has 10 rings (SSSR count). The van der Waals surface area contributed by atoms with Crippen LogP contribution in [-0.2, 0) is 41.7 Å². The van der Waals surface area contributed by atoms with Gasteiger partial charge in [-0.1, -0.05) is 0 Å². The van der Waals surface area contributed by atoms with Crippen LogP contribution in [0.3, 0.4) is 0 Å². The van der Waals surface area contributed by atoms with E-state index in [9.17, 15) is 41.7 Å². The van der Waals surface area contributed by atoms with Crippen molar-refractivity contribution in [3.63, 3.8) is 0 Å². The van der Waals surface area contributed by atoms with Gasteiger partial charge in [-0.25, -0.2) is 0 Å². The molecule has 0 spiro atoms. The molecule has 8 saturated heterocycles. The Kier molecular flexibility index (Phi) is 22.0. The highest BCUT2D eigenvalue weighted by Gasteiger charge is 2.60. The zero-order chi connectivity index (χ0) is 81.7. The minimum atomic E-state index is -0.858. The molecule has 2 aromatic heterocycles. The van der Waals surface area contributed by atoms with E-state index < -0.39 is 88.6 Å². The van der Waals surface area contributed by atoms with Gasteiger partial charge in [0.1, 0.15) is 0 Å². The Labute approximate surface area is 649 Å². The number of nitrogens with zero attached hydrogens (tertiary/aromatic N) is 20. The van der Waals surface area contributed by atoms with E-state index in [-0.39, 0.29) is 60.2 Å². The van der Waals surface area contributed by atoms with Crippen LogP contribution in [0.4, 0.5) is 35.7 Å². The molecule has 108 heavy (non-hydrogen) atoms. The fourth-order valence-corrected chi connectivity index (χ4v) is 23.5. The van der Waals surface area contributed by atoms with E-state index in [2.05, 4.69) is 19.6 Å². The highest BCUT2D eigenvalue weighted by Crippen LogP contribution is 2.53. The number of hydroxylamine groups is 16. The lowest BCUT2D eigenvalue weighted by molar-refractivity contribution is -0.294. The molecule has 0 saturated carbocycles. The summed E-state index contributed by atoms with van der Waals surface area (Å²) in [7, 11) is 3.78. The van der Waals surface area contributed by atoms with Crippen LogP contribution < -0.4 is 29.6 Å². The second kappa shape index (κ2) is 27.4. The first-order chi connectivity index (χ1) is 48.5. The Bertz CT molecular complexity index is 2820. The predicted molar refractivity (Wildman–Crippen MR) is 416 cm³/mol. The van der Waals surface area contributed by atoms with Crippen molar-refractivity contribution in [1.29, 1.82) is 0 Å². The van der Waals surface area contributed by atoms with E-state index in [1.54, 1.807) is 0 Å². The van der Waals surface area contributed by atoms with E-state index in [4.69, 9.17) is 29.9 Å². The molecule has 0 aliphatic carbocycles. The number of hydrazine groups is 1. The minimum absolute atomic E-state index is 0.208. The fourth-order valence-electron chi connectivity index (χ4n) is 23.5. The molecule has 8 radical (unpaired) electrons. The molecule has 28 heteroatoms. The Morgan fingerprint density at radius 2 is 0.269 bits per heavy atom. The van der Waals surface area contributed by atoms with E-state index in [0.29, 0.717) is 127 Å². The lowest BCUT2D eigenvalue weighted by Crippen LogP contribution is -2.68. The van der Waals surface area contributed by atoms with Crippen LogP contribution >= 0.6 is 0 Å². The van der Waals surface area contributed by atoms with Crippen molar-refractivity contribution in [3.8, 4) is 0 Å². The monoisotopic (exact) mass is 1510 g/mol. The number of anilines is 6. The largest absolute Gasteiger partial charge is 0.334 e. The number of hydrogen-bond acceptors (Lipinski definition) is 20. The molecule has 2 aromatic rings. The Morgan fingerprint density at radius 1 is 0.185 bits per heavy atom. The van der Waals surface area contributed by atoms with Gasteiger partial charge < -0.3 is 19.6 Å². The van der Waals surface area contributed by atoms with Gasteiger partial charge in [0.25, 0.3) is 11.9 Å². The number of hydrogen-bond donors (Lipinski definition) is 0. The third-order valence-electron chi connectivity index (χ3n) is 26.9. The van der Waals surface area contributed by atoms with E-state index in [1.807, 2.05) is 246 Å². The molecule has 0 bridgehead atoms. The summed E-state index contributed by atoms with van der Waals surface area (Å²) in [4.78, 5) is 44.1. The summed E-state index contributed by atoms with van der Waals surface area (Å²) in [6, 6.07) is -2.76. The lowest BCUT2D eigenvalue weighted by Gasteiger charge is -2.58. The van der Waals surface area contributed by atoms with Crippen LogP contribution in [0.25, 0.3) is 0 Å². The van der Waals surface area contributed by atoms with E-state index >= 15 is 0 Å². The second-order valence-corrected chi connectivity index (χ2v) is 45.0. The van der Waals surface area contributed by atoms with Gasteiger partial charge in [0, 0.05) is 151 Å². The van der Waals surface area contributed by atoms with Crippen molar-refractivity contribution >= 4 is 35.7 Å². The number of piperidine rings is 8. The summed E-state index contributed by atoms with van der Waals surface area (Å²) in [5.74, 6) is 1.79. The van der Waals surface area contributed by atoms with Gasteiger partial charge in [-0.05, 0) is 324 Å². The molecule has 0 unspecified atom stereocenters. The lowest BCUT2D eigenvalue weighted by atomic mass is 9.74. The van der Waals surface area contributed by atoms with Crippen LogP contribution in [0.5, 0.6) is 0 Å². The summed E-state index contributed by atoms with van der Waals surface area (Å²) in [6.45, 7) is 63.9. The van der Waals surface area contributed by atoms with Crippen LogP contribution in [0, 0.1) is 0 Å². The molecular formula is C80H142N20O8. The molecule has 28 nitrogen and oxygen atoms in total. The zero-order valence-electron chi connectivity index (χ0n) is 73.1. The van der Waals surface area contributed by atoms with Gasteiger partial charge in [0.2, 0.25) is 23.8 Å². The van der Waals surface area contributed by atoms with Crippen molar-refractivity contribution in [2.45, 2.75) is 461 Å². The zero-order valence-corrected chi connectivity index (χ0v) is 73.1. The summed E-state index contributed by atoms with van der Waals surface area (Å²) in [5.41, 5.74) is -13.7. The normalized spacial score (nSPS) is 29.4. The molecule has 0 N–H and O–H groups in total. The number of rotatable bonds is 15. The maximum atomic E-state index is 14.6. The van der Waals surface area contributed by atoms with Crippen molar-refractivity contribution < 1.29 is 41.7 Å². The number of aromatic nitrogens is 6. The topological polar surface area (TPSA) is 282 Å². The van der Waals surface area contributed by atoms with Gasteiger partial charge >= 0.3 is 0 Å². The van der Waals surface area contributed by atoms with Gasteiger partial charge in [-0.15, -0.1) is 82.2 Å². The third kappa shape index (κ3) is 15.9. The SMILES string of the molecule is CN(c1nc(N(C2CC(C)(C)N([O])C(C)(C)C2)C2CC(C)(C)N([O])C(C)(C)C2)nc(N(C2CC(C)(C)N([O])C(C)(C)C2)C2CC(C)(C)N([O])C(C)(C)C2)n1)N(C)c1nc(N(C2CC(C)(C)N([O])C(C)(C)C2)C2CC(C)(C)N([O])C(C)(C)C2)nc(N(C2CC(C)(C)N([O])C(C)(C)C2)C2CC(C)(C)N([O])C(C)(C)C2)n1. The van der Waals surface area contributed by atoms with Crippen LogP contribution in [0.2, 0.25) is 0 Å². The Hall–Kier alpha value is -3.82. The van der Waals surface area contributed by atoms with Gasteiger partial charge in [0.05, 0.1) is 0 Å². The first kappa shape index (κ1) is 86.6. The van der Waals surface area contributed by atoms with Crippen molar-refractivity contribution in [2.24, 2.45) is 0 Å². The first-order valence-corrected chi connectivity index (χ1v) is 40.4. The summed E-state index contributed by atoms with van der Waals surface area (Å²) in [6.07, 6.45) is 6.91. The average molecular weight is 1510 g/mol. The summed E-state index contributed by atoms with van der Waals surface area (Å²) < 4.78 is 0. The van der Waals surface area contributed by atoms with Crippen molar-refractivity contribution in [3.05, 3.63) is 0 Å². The minimum Gasteiger partial charge on any atom is -0.334 e.